The fourth-order valence-electron chi connectivity index (χ4n) is 4.26. The molecular weight excluding hydrogens is 506 g/mol. The van der Waals surface area contributed by atoms with Crippen LogP contribution in [0.1, 0.15) is 90.9 Å². The summed E-state index contributed by atoms with van der Waals surface area (Å²) in [6.45, 7) is 6.84. The Morgan fingerprint density at radius 2 is 1.78 bits per heavy atom. The Bertz CT molecular complexity index is 361. The molecular formula is C22H43N3OW. The van der Waals surface area contributed by atoms with Crippen molar-refractivity contribution in [3.05, 3.63) is 11.1 Å². The van der Waals surface area contributed by atoms with Crippen LogP contribution in [0.3, 0.4) is 0 Å². The Labute approximate surface area is 183 Å². The van der Waals surface area contributed by atoms with Crippen LogP contribution < -0.4 is 0 Å². The molecule has 2 atom stereocenters. The van der Waals surface area contributed by atoms with Gasteiger partial charge in [-0.05, 0) is 31.1 Å². The molecule has 1 heterocycles. The number of nitrogens with one attached hydrogen (secondary N) is 1. The van der Waals surface area contributed by atoms with Crippen LogP contribution >= 0.6 is 0 Å². The number of hydrogen-bond donors (Lipinski definition) is 0. The second-order valence-electron chi connectivity index (χ2n) is 8.30. The van der Waals surface area contributed by atoms with Gasteiger partial charge in [0, 0.05) is 19.5 Å². The van der Waals surface area contributed by atoms with Gasteiger partial charge in [-0.3, -0.25) is 4.79 Å². The topological polar surface area (TPSA) is 58.2 Å². The minimum atomic E-state index is -0.0920. The molecule has 5 heteroatoms. The fourth-order valence-corrected chi connectivity index (χ4v) is 4.26. The Hall–Kier alpha value is 0.0783. The molecule has 1 N–H and O–H groups in total. The SMILES string of the molecule is CCC1CCCCC1.CCCCC(=O)N1CCCC(CC([NH-])C[N-]C)C1.[W+2]. The molecule has 1 saturated carbocycles. The maximum Gasteiger partial charge on any atom is 2.00 e. The molecule has 1 saturated heterocycles. The predicted octanol–water partition coefficient (Wildman–Crippen LogP) is 6.20. The van der Waals surface area contributed by atoms with Gasteiger partial charge in [0.05, 0.1) is 0 Å². The van der Waals surface area contributed by atoms with Gasteiger partial charge in [-0.1, -0.05) is 65.2 Å². The van der Waals surface area contributed by atoms with Crippen LogP contribution in [0.25, 0.3) is 11.1 Å². The number of carbonyl (C=O) groups excluding carboxylic acids is 1. The summed E-state index contributed by atoms with van der Waals surface area (Å²) in [5, 5.41) is 4.03. The third-order valence-corrected chi connectivity index (χ3v) is 5.94. The molecule has 1 aliphatic carbocycles. The molecule has 0 aromatic heterocycles. The maximum atomic E-state index is 12.0. The van der Waals surface area contributed by atoms with Crippen molar-refractivity contribution < 1.29 is 25.9 Å². The van der Waals surface area contributed by atoms with Crippen molar-refractivity contribution in [2.75, 3.05) is 26.7 Å². The summed E-state index contributed by atoms with van der Waals surface area (Å²) in [5.74, 6) is 1.90. The van der Waals surface area contributed by atoms with Crippen molar-refractivity contribution in [1.29, 1.82) is 0 Å². The number of hydrogen-bond acceptors (Lipinski definition) is 1. The number of amides is 1. The first-order valence-corrected chi connectivity index (χ1v) is 11.1. The van der Waals surface area contributed by atoms with E-state index in [2.05, 4.69) is 19.2 Å². The van der Waals surface area contributed by atoms with Crippen molar-refractivity contribution in [3.63, 3.8) is 0 Å². The van der Waals surface area contributed by atoms with Crippen LogP contribution in [0.2, 0.25) is 0 Å². The molecule has 0 aromatic rings. The number of likely N-dealkylation sites (N-methyl/N-ethyl adjacent to an activating group) is 1. The molecule has 2 fully saturated rings. The molecule has 0 bridgehead atoms. The van der Waals surface area contributed by atoms with Crippen molar-refractivity contribution in [2.24, 2.45) is 11.8 Å². The van der Waals surface area contributed by atoms with Crippen molar-refractivity contribution in [2.45, 2.75) is 96.9 Å². The van der Waals surface area contributed by atoms with Crippen LogP contribution in [0.4, 0.5) is 0 Å². The van der Waals surface area contributed by atoms with Gasteiger partial charge in [0.25, 0.3) is 0 Å². The number of unbranched alkanes of at least 4 members (excludes halogenated alkanes) is 1. The molecule has 0 spiro atoms. The second-order valence-corrected chi connectivity index (χ2v) is 8.30. The quantitative estimate of drug-likeness (QED) is 0.356. The predicted molar refractivity (Wildman–Crippen MR) is 113 cm³/mol. The largest absolute Gasteiger partial charge is 2.00 e. The first-order valence-electron chi connectivity index (χ1n) is 11.1. The Balaban J connectivity index is 0.000000629. The van der Waals surface area contributed by atoms with E-state index in [1.54, 1.807) is 7.05 Å². The number of likely N-dealkylation sites (tertiary alicyclic amines) is 1. The molecule has 4 nitrogen and oxygen atoms in total. The van der Waals surface area contributed by atoms with Gasteiger partial charge in [0.15, 0.2) is 0 Å². The Morgan fingerprint density at radius 3 is 2.33 bits per heavy atom. The summed E-state index contributed by atoms with van der Waals surface area (Å²) in [7, 11) is 1.77. The van der Waals surface area contributed by atoms with E-state index in [4.69, 9.17) is 5.73 Å². The van der Waals surface area contributed by atoms with E-state index in [0.29, 0.717) is 24.8 Å². The van der Waals surface area contributed by atoms with Gasteiger partial charge < -0.3 is 16.0 Å². The van der Waals surface area contributed by atoms with Gasteiger partial charge in [0.2, 0.25) is 5.91 Å². The van der Waals surface area contributed by atoms with E-state index in [1.807, 2.05) is 4.90 Å². The number of nitrogens with zero attached hydrogens (tertiary/aromatic N) is 2. The van der Waals surface area contributed by atoms with Gasteiger partial charge in [-0.2, -0.15) is 19.6 Å². The van der Waals surface area contributed by atoms with Crippen LogP contribution in [0.15, 0.2) is 0 Å². The summed E-state index contributed by atoms with van der Waals surface area (Å²) in [6, 6.07) is -0.0920. The van der Waals surface area contributed by atoms with Gasteiger partial charge >= 0.3 is 21.1 Å². The van der Waals surface area contributed by atoms with E-state index in [-0.39, 0.29) is 27.1 Å². The minimum absolute atomic E-state index is 0. The summed E-state index contributed by atoms with van der Waals surface area (Å²) >= 11 is 0. The smallest absolute Gasteiger partial charge is 0.676 e. The number of rotatable bonds is 8. The average molecular weight is 549 g/mol. The fraction of sp³-hybridized carbons (Fsp3) is 0.955. The van der Waals surface area contributed by atoms with Gasteiger partial charge in [-0.25, -0.2) is 0 Å². The zero-order valence-electron chi connectivity index (χ0n) is 18.0. The maximum absolute atomic E-state index is 12.0. The standard InChI is InChI=1S/C14H27N3O.C8H16.W/c1-3-4-7-14(18)17-8-5-6-12(11-17)9-13(15)10-16-2;1-2-8-6-4-3-5-7-8;/h12-13,15H,3-11H2,1-2H3;8H,2-7H2,1H3;/q-2;;+2. The minimum Gasteiger partial charge on any atom is -0.676 e. The molecule has 2 aliphatic rings. The first kappa shape index (κ1) is 27.1. The molecule has 2 rings (SSSR count). The normalized spacial score (nSPS) is 21.6. The average Bonchev–Trinajstić information content (AvgIpc) is 2.67. The van der Waals surface area contributed by atoms with Crippen LogP contribution in [-0.4, -0.2) is 43.5 Å². The summed E-state index contributed by atoms with van der Waals surface area (Å²) in [6.07, 6.45) is 14.8. The van der Waals surface area contributed by atoms with Crippen LogP contribution in [0, 0.1) is 11.8 Å². The Kier molecular flexibility index (Phi) is 17.0. The molecule has 0 radical (unpaired) electrons. The van der Waals surface area contributed by atoms with Crippen LogP contribution in [-0.2, 0) is 25.9 Å². The summed E-state index contributed by atoms with van der Waals surface area (Å²) in [5.41, 5.74) is 7.90. The van der Waals surface area contributed by atoms with Crippen LogP contribution in [0.5, 0.6) is 0 Å². The number of piperidine rings is 1. The van der Waals surface area contributed by atoms with E-state index >= 15 is 0 Å². The summed E-state index contributed by atoms with van der Waals surface area (Å²) in [4.78, 5) is 14.0. The van der Waals surface area contributed by atoms with Gasteiger partial charge in [0.1, 0.15) is 0 Å². The van der Waals surface area contributed by atoms with E-state index < -0.39 is 0 Å². The first-order chi connectivity index (χ1) is 12.6. The number of carbonyl (C=O) groups is 1. The zero-order valence-corrected chi connectivity index (χ0v) is 21.0. The molecule has 1 amide bonds. The zero-order chi connectivity index (χ0) is 19.2. The van der Waals surface area contributed by atoms with Crippen molar-refractivity contribution in [3.8, 4) is 0 Å². The van der Waals surface area contributed by atoms with E-state index in [9.17, 15) is 4.79 Å². The third kappa shape index (κ3) is 12.3. The third-order valence-electron chi connectivity index (χ3n) is 5.94. The monoisotopic (exact) mass is 549 g/mol. The molecule has 2 unspecified atom stereocenters. The molecule has 27 heavy (non-hydrogen) atoms. The van der Waals surface area contributed by atoms with E-state index in [1.165, 1.54) is 38.5 Å². The molecule has 0 aromatic carbocycles. The molecule has 158 valence electrons. The van der Waals surface area contributed by atoms with E-state index in [0.717, 1.165) is 51.1 Å². The second kappa shape index (κ2) is 17.0. The Morgan fingerprint density at radius 1 is 1.11 bits per heavy atom. The van der Waals surface area contributed by atoms with Crippen molar-refractivity contribution in [1.82, 2.24) is 4.90 Å². The van der Waals surface area contributed by atoms with Gasteiger partial charge in [-0.15, -0.1) is 0 Å². The molecule has 1 aliphatic heterocycles. The summed E-state index contributed by atoms with van der Waals surface area (Å²) < 4.78 is 0. The van der Waals surface area contributed by atoms with Crippen molar-refractivity contribution >= 4 is 5.91 Å².